The highest BCUT2D eigenvalue weighted by Gasteiger charge is 2.36. The molecule has 0 aromatic heterocycles. The summed E-state index contributed by atoms with van der Waals surface area (Å²) in [5.74, 6) is -0.360. The monoisotopic (exact) mass is 409 g/mol. The standard InChI is InChI=1S/C22H17BrFNO/c23-17-9-5-15(6-10-17)13-20-19-3-1-2-4-21(19)25(22(20)26)14-16-7-11-18(24)12-8-16/h1-12,20H,13-14H2. The number of amides is 1. The maximum Gasteiger partial charge on any atom is 0.235 e. The molecule has 1 heterocycles. The Bertz CT molecular complexity index is 861. The normalized spacial score (nSPS) is 16.0. The third-order valence-corrected chi connectivity index (χ3v) is 5.30. The van der Waals surface area contributed by atoms with Crippen LogP contribution in [0.15, 0.2) is 77.3 Å². The maximum absolute atomic E-state index is 13.2. The van der Waals surface area contributed by atoms with Gasteiger partial charge in [0.15, 0.2) is 0 Å². The van der Waals surface area contributed by atoms with Gasteiger partial charge in [-0.05, 0) is 53.4 Å². The first-order valence-corrected chi connectivity index (χ1v) is 9.30. The van der Waals surface area contributed by atoms with Crippen LogP contribution in [0, 0.1) is 5.82 Å². The molecular weight excluding hydrogens is 393 g/mol. The Morgan fingerprint density at radius 3 is 2.27 bits per heavy atom. The zero-order valence-electron chi connectivity index (χ0n) is 14.0. The number of anilines is 1. The van der Waals surface area contributed by atoms with Crippen LogP contribution in [0.25, 0.3) is 0 Å². The van der Waals surface area contributed by atoms with Gasteiger partial charge in [-0.15, -0.1) is 0 Å². The van der Waals surface area contributed by atoms with Crippen LogP contribution in [0.5, 0.6) is 0 Å². The molecule has 0 bridgehead atoms. The summed E-state index contributed by atoms with van der Waals surface area (Å²) in [5, 5.41) is 0. The SMILES string of the molecule is O=C1C(Cc2ccc(Br)cc2)c2ccccc2N1Cc1ccc(F)cc1. The van der Waals surface area contributed by atoms with Crippen LogP contribution in [0.3, 0.4) is 0 Å². The molecule has 26 heavy (non-hydrogen) atoms. The minimum absolute atomic E-state index is 0.0958. The fraction of sp³-hybridized carbons (Fsp3) is 0.136. The second kappa shape index (κ2) is 7.04. The Morgan fingerprint density at radius 1 is 0.885 bits per heavy atom. The molecule has 2 nitrogen and oxygen atoms in total. The predicted molar refractivity (Wildman–Crippen MR) is 105 cm³/mol. The summed E-state index contributed by atoms with van der Waals surface area (Å²) in [5.41, 5.74) is 4.05. The van der Waals surface area contributed by atoms with Gasteiger partial charge in [-0.3, -0.25) is 4.79 Å². The highest BCUT2D eigenvalue weighted by Crippen LogP contribution is 2.40. The third-order valence-electron chi connectivity index (χ3n) is 4.77. The first-order valence-electron chi connectivity index (χ1n) is 8.51. The lowest BCUT2D eigenvalue weighted by molar-refractivity contribution is -0.119. The van der Waals surface area contributed by atoms with Crippen molar-refractivity contribution in [1.82, 2.24) is 0 Å². The number of halogens is 2. The van der Waals surface area contributed by atoms with Crippen molar-refractivity contribution in [3.8, 4) is 0 Å². The predicted octanol–water partition coefficient (Wildman–Crippen LogP) is 5.46. The van der Waals surface area contributed by atoms with Gasteiger partial charge in [-0.1, -0.05) is 58.4 Å². The highest BCUT2D eigenvalue weighted by atomic mass is 79.9. The van der Waals surface area contributed by atoms with E-state index in [1.807, 2.05) is 53.4 Å². The molecule has 0 N–H and O–H groups in total. The molecule has 1 amide bonds. The van der Waals surface area contributed by atoms with Gasteiger partial charge in [0, 0.05) is 10.2 Å². The van der Waals surface area contributed by atoms with Crippen LogP contribution >= 0.6 is 15.9 Å². The highest BCUT2D eigenvalue weighted by molar-refractivity contribution is 9.10. The molecule has 0 fully saturated rings. The molecule has 1 unspecified atom stereocenters. The zero-order valence-corrected chi connectivity index (χ0v) is 15.6. The summed E-state index contributed by atoms with van der Waals surface area (Å²) in [4.78, 5) is 15.0. The summed E-state index contributed by atoms with van der Waals surface area (Å²) in [6.07, 6.45) is 0.670. The number of carbonyl (C=O) groups excluding carboxylic acids is 1. The summed E-state index contributed by atoms with van der Waals surface area (Å²) < 4.78 is 14.2. The van der Waals surface area contributed by atoms with Gasteiger partial charge in [0.2, 0.25) is 5.91 Å². The van der Waals surface area contributed by atoms with Crippen molar-refractivity contribution in [2.75, 3.05) is 4.90 Å². The van der Waals surface area contributed by atoms with Crippen LogP contribution in [0.1, 0.15) is 22.6 Å². The van der Waals surface area contributed by atoms with E-state index in [4.69, 9.17) is 0 Å². The van der Waals surface area contributed by atoms with Gasteiger partial charge in [0.05, 0.1) is 12.5 Å². The second-order valence-corrected chi connectivity index (χ2v) is 7.41. The Balaban J connectivity index is 1.63. The molecule has 3 aromatic carbocycles. The van der Waals surface area contributed by atoms with Crippen LogP contribution in [-0.4, -0.2) is 5.91 Å². The van der Waals surface area contributed by atoms with Gasteiger partial charge in [0.25, 0.3) is 0 Å². The first kappa shape index (κ1) is 17.0. The van der Waals surface area contributed by atoms with Crippen LogP contribution in [0.2, 0.25) is 0 Å². The first-order chi connectivity index (χ1) is 12.6. The van der Waals surface area contributed by atoms with Crippen LogP contribution in [0.4, 0.5) is 10.1 Å². The number of para-hydroxylation sites is 1. The van der Waals surface area contributed by atoms with Gasteiger partial charge in [-0.25, -0.2) is 4.39 Å². The van der Waals surface area contributed by atoms with E-state index in [1.165, 1.54) is 12.1 Å². The van der Waals surface area contributed by atoms with Crippen molar-refractivity contribution in [2.45, 2.75) is 18.9 Å². The zero-order chi connectivity index (χ0) is 18.1. The fourth-order valence-corrected chi connectivity index (χ4v) is 3.72. The van der Waals surface area contributed by atoms with Crippen molar-refractivity contribution < 1.29 is 9.18 Å². The van der Waals surface area contributed by atoms with Crippen molar-refractivity contribution >= 4 is 27.5 Å². The summed E-state index contributed by atoms with van der Waals surface area (Å²) >= 11 is 3.45. The maximum atomic E-state index is 13.2. The molecule has 1 aliphatic rings. The molecule has 130 valence electrons. The van der Waals surface area contributed by atoms with E-state index >= 15 is 0 Å². The van der Waals surface area contributed by atoms with Crippen molar-refractivity contribution in [1.29, 1.82) is 0 Å². The smallest absolute Gasteiger partial charge is 0.235 e. The number of fused-ring (bicyclic) bond motifs is 1. The Hall–Kier alpha value is -2.46. The number of nitrogens with zero attached hydrogens (tertiary/aromatic N) is 1. The van der Waals surface area contributed by atoms with Crippen LogP contribution < -0.4 is 4.90 Å². The molecule has 1 aliphatic heterocycles. The number of rotatable bonds is 4. The van der Waals surface area contributed by atoms with Crippen molar-refractivity contribution in [2.24, 2.45) is 0 Å². The molecular formula is C22H17BrFNO. The third kappa shape index (κ3) is 3.29. The molecule has 4 heteroatoms. The molecule has 0 spiro atoms. The van der Waals surface area contributed by atoms with Crippen molar-refractivity contribution in [3.05, 3.63) is 99.8 Å². The van der Waals surface area contributed by atoms with E-state index < -0.39 is 0 Å². The van der Waals surface area contributed by atoms with E-state index in [1.54, 1.807) is 12.1 Å². The molecule has 1 atom stereocenters. The van der Waals surface area contributed by atoms with E-state index in [2.05, 4.69) is 15.9 Å². The van der Waals surface area contributed by atoms with Gasteiger partial charge in [-0.2, -0.15) is 0 Å². The number of carbonyl (C=O) groups is 1. The summed E-state index contributed by atoms with van der Waals surface area (Å²) in [7, 11) is 0. The minimum Gasteiger partial charge on any atom is -0.307 e. The summed E-state index contributed by atoms with van der Waals surface area (Å²) in [6, 6.07) is 22.3. The molecule has 0 saturated heterocycles. The Kier molecular flexibility index (Phi) is 4.60. The number of benzene rings is 3. The van der Waals surface area contributed by atoms with Crippen molar-refractivity contribution in [3.63, 3.8) is 0 Å². The Labute approximate surface area is 160 Å². The van der Waals surface area contributed by atoms with E-state index in [0.717, 1.165) is 26.9 Å². The van der Waals surface area contributed by atoms with Gasteiger partial charge < -0.3 is 4.90 Å². The number of hydrogen-bond donors (Lipinski definition) is 0. The van der Waals surface area contributed by atoms with E-state index in [0.29, 0.717) is 13.0 Å². The second-order valence-electron chi connectivity index (χ2n) is 6.49. The quantitative estimate of drug-likeness (QED) is 0.559. The topological polar surface area (TPSA) is 20.3 Å². The van der Waals surface area contributed by atoms with E-state index in [9.17, 15) is 9.18 Å². The molecule has 3 aromatic rings. The number of hydrogen-bond acceptors (Lipinski definition) is 1. The average molecular weight is 410 g/mol. The minimum atomic E-state index is -0.269. The lowest BCUT2D eigenvalue weighted by atomic mass is 9.93. The molecule has 4 rings (SSSR count). The molecule has 0 saturated carbocycles. The molecule has 0 radical (unpaired) electrons. The summed E-state index contributed by atoms with van der Waals surface area (Å²) in [6.45, 7) is 0.451. The van der Waals surface area contributed by atoms with E-state index in [-0.39, 0.29) is 17.6 Å². The Morgan fingerprint density at radius 2 is 1.54 bits per heavy atom. The molecule has 0 aliphatic carbocycles. The average Bonchev–Trinajstić information content (AvgIpc) is 2.91. The van der Waals surface area contributed by atoms with Crippen LogP contribution in [-0.2, 0) is 17.8 Å². The van der Waals surface area contributed by atoms with Gasteiger partial charge >= 0.3 is 0 Å². The lowest BCUT2D eigenvalue weighted by Gasteiger charge is -2.18. The lowest BCUT2D eigenvalue weighted by Crippen LogP contribution is -2.29. The largest absolute Gasteiger partial charge is 0.307 e. The fourth-order valence-electron chi connectivity index (χ4n) is 3.46. The van der Waals surface area contributed by atoms with Gasteiger partial charge in [0.1, 0.15) is 5.82 Å².